The highest BCUT2D eigenvalue weighted by Crippen LogP contribution is 2.38. The molecule has 50 heavy (non-hydrogen) atoms. The highest BCUT2D eigenvalue weighted by atomic mass is 16.6. The van der Waals surface area contributed by atoms with E-state index in [4.69, 9.17) is 19.5 Å². The van der Waals surface area contributed by atoms with E-state index in [9.17, 15) is 24.3 Å². The molecule has 3 aliphatic heterocycles. The Hall–Kier alpha value is -5.62. The number of nitrogens with zero attached hydrogens (tertiary/aromatic N) is 4. The minimum atomic E-state index is -1.15. The first-order chi connectivity index (χ1) is 23.8. The number of nitrogens with one attached hydrogen (secondary N) is 1. The van der Waals surface area contributed by atoms with Crippen molar-refractivity contribution in [2.45, 2.75) is 71.9 Å². The van der Waals surface area contributed by atoms with Gasteiger partial charge < -0.3 is 24.5 Å². The Morgan fingerprint density at radius 3 is 2.58 bits per heavy atom. The van der Waals surface area contributed by atoms with Gasteiger partial charge in [-0.2, -0.15) is 0 Å². The van der Waals surface area contributed by atoms with Crippen LogP contribution >= 0.6 is 0 Å². The molecule has 4 aromatic rings. The van der Waals surface area contributed by atoms with Crippen molar-refractivity contribution in [2.24, 2.45) is 4.99 Å². The molecule has 3 aliphatic rings. The molecule has 0 fully saturated rings. The lowest BCUT2D eigenvalue weighted by Crippen LogP contribution is -2.48. The molecule has 12 heteroatoms. The molecule has 0 aliphatic carbocycles. The predicted molar refractivity (Wildman–Crippen MR) is 186 cm³/mol. The number of hydrogen-bond acceptors (Lipinski definition) is 9. The van der Waals surface area contributed by atoms with Crippen LogP contribution in [0.25, 0.3) is 22.3 Å². The van der Waals surface area contributed by atoms with E-state index in [1.54, 1.807) is 44.5 Å². The first kappa shape index (κ1) is 32.9. The number of amides is 2. The van der Waals surface area contributed by atoms with Crippen LogP contribution in [0, 0.1) is 0 Å². The zero-order chi connectivity index (χ0) is 35.5. The number of urea groups is 1. The van der Waals surface area contributed by atoms with Crippen molar-refractivity contribution in [1.29, 1.82) is 0 Å². The molecule has 2 unspecified atom stereocenters. The monoisotopic (exact) mass is 675 g/mol. The van der Waals surface area contributed by atoms with E-state index < -0.39 is 29.7 Å². The van der Waals surface area contributed by atoms with E-state index in [0.717, 1.165) is 16.5 Å². The number of esters is 2. The van der Waals surface area contributed by atoms with Crippen LogP contribution in [0.3, 0.4) is 0 Å². The summed E-state index contributed by atoms with van der Waals surface area (Å²) in [5.74, 6) is -1.05. The van der Waals surface area contributed by atoms with E-state index >= 15 is 0 Å². The highest BCUT2D eigenvalue weighted by Gasteiger charge is 2.37. The fourth-order valence-corrected chi connectivity index (χ4v) is 6.84. The molecule has 0 bridgehead atoms. The van der Waals surface area contributed by atoms with Crippen molar-refractivity contribution in [3.05, 3.63) is 104 Å². The lowest BCUT2D eigenvalue weighted by molar-refractivity contribution is -0.150. The molecule has 5 heterocycles. The van der Waals surface area contributed by atoms with Crippen molar-refractivity contribution in [3.63, 3.8) is 0 Å². The number of pyridine rings is 2. The number of para-hydroxylation sites is 1. The molecule has 7 rings (SSSR count). The van der Waals surface area contributed by atoms with Crippen LogP contribution in [-0.4, -0.2) is 55.9 Å². The van der Waals surface area contributed by atoms with Gasteiger partial charge in [-0.15, -0.1) is 0 Å². The Morgan fingerprint density at radius 1 is 1.12 bits per heavy atom. The summed E-state index contributed by atoms with van der Waals surface area (Å²) in [7, 11) is 0. The number of benzene rings is 2. The molecule has 2 atom stereocenters. The summed E-state index contributed by atoms with van der Waals surface area (Å²) < 4.78 is 12.5. The number of rotatable bonds is 5. The molecule has 0 saturated carbocycles. The number of cyclic esters (lactones) is 1. The molecule has 12 nitrogen and oxygen atoms in total. The maximum atomic E-state index is 13.7. The van der Waals surface area contributed by atoms with Crippen molar-refractivity contribution >= 4 is 40.8 Å². The van der Waals surface area contributed by atoms with Crippen molar-refractivity contribution < 1.29 is 29.0 Å². The van der Waals surface area contributed by atoms with E-state index in [2.05, 4.69) is 5.32 Å². The molecule has 2 aromatic carbocycles. The number of ether oxygens (including phenoxy) is 2. The number of aliphatic hydroxyl groups is 1. The Bertz CT molecular complexity index is 2210. The maximum absolute atomic E-state index is 13.7. The van der Waals surface area contributed by atoms with E-state index in [-0.39, 0.29) is 36.7 Å². The van der Waals surface area contributed by atoms with E-state index in [0.29, 0.717) is 51.5 Å². The first-order valence-electron chi connectivity index (χ1n) is 16.5. The number of allylic oxidation sites excluding steroid dienone is 1. The number of carbonyl (C=O) groups excluding carboxylic acids is 3. The second kappa shape index (κ2) is 12.4. The molecule has 0 spiro atoms. The summed E-state index contributed by atoms with van der Waals surface area (Å²) in [5.41, 5.74) is 5.31. The second-order valence-electron chi connectivity index (χ2n) is 13.6. The van der Waals surface area contributed by atoms with Gasteiger partial charge in [0.05, 0.1) is 58.8 Å². The van der Waals surface area contributed by atoms with Gasteiger partial charge in [0.1, 0.15) is 12.2 Å². The van der Waals surface area contributed by atoms with Gasteiger partial charge in [-0.25, -0.2) is 14.6 Å². The number of aliphatic hydroxyl groups excluding tert-OH is 1. The molecule has 2 N–H and O–H groups in total. The summed E-state index contributed by atoms with van der Waals surface area (Å²) in [4.78, 5) is 63.2. The largest absolute Gasteiger partial charge is 0.460 e. The quantitative estimate of drug-likeness (QED) is 0.187. The zero-order valence-corrected chi connectivity index (χ0v) is 28.4. The SMILES string of the molecule is CCN1C(=O)NC(c2ccc(N=Cc3c4c(nc5ccccc35)-c3cc5c(c(=O)n3C4)COC(=O)CC5O)cc2)C(C(=O)OC(C)(C)C)=C1C. The lowest BCUT2D eigenvalue weighted by atomic mass is 9.94. The summed E-state index contributed by atoms with van der Waals surface area (Å²) in [6, 6.07) is 15.7. The van der Waals surface area contributed by atoms with Gasteiger partial charge in [-0.1, -0.05) is 30.3 Å². The number of hydrogen-bond donors (Lipinski definition) is 2. The van der Waals surface area contributed by atoms with Gasteiger partial charge in [-0.05, 0) is 70.0 Å². The summed E-state index contributed by atoms with van der Waals surface area (Å²) in [6.07, 6.45) is 0.375. The minimum Gasteiger partial charge on any atom is -0.460 e. The van der Waals surface area contributed by atoms with Crippen LogP contribution in [-0.2, 0) is 32.2 Å². The number of carbonyl (C=O) groups is 3. The Labute approximate surface area is 288 Å². The smallest absolute Gasteiger partial charge is 0.338 e. The van der Waals surface area contributed by atoms with Crippen LogP contribution < -0.4 is 10.9 Å². The maximum Gasteiger partial charge on any atom is 0.338 e. The molecular formula is C38H37N5O7. The topological polar surface area (TPSA) is 152 Å². The van der Waals surface area contributed by atoms with Crippen molar-refractivity contribution in [1.82, 2.24) is 19.8 Å². The third-order valence-corrected chi connectivity index (χ3v) is 9.23. The van der Waals surface area contributed by atoms with E-state index in [1.807, 2.05) is 55.5 Å². The zero-order valence-electron chi connectivity index (χ0n) is 28.4. The Balaban J connectivity index is 1.25. The minimum absolute atomic E-state index is 0.198. The molecular weight excluding hydrogens is 638 g/mol. The molecule has 0 saturated heterocycles. The normalized spacial score (nSPS) is 18.8. The van der Waals surface area contributed by atoms with Crippen LogP contribution in [0.2, 0.25) is 0 Å². The Kier molecular flexibility index (Phi) is 8.14. The standard InChI is InChI=1S/C38H37N5O7/c1-6-42-20(2)32(36(47)50-38(3,4)5)33(41-37(42)48)21-11-13-22(14-12-21)39-17-25-23-9-7-8-10-28(23)40-34-26(25)18-43-29(34)15-24-27(35(43)46)19-49-31(45)16-30(24)44/h7-15,17,30,33,44H,6,16,18-19H2,1-5H3,(H,41,48). The average molecular weight is 676 g/mol. The summed E-state index contributed by atoms with van der Waals surface area (Å²) >= 11 is 0. The van der Waals surface area contributed by atoms with Crippen molar-refractivity contribution in [2.75, 3.05) is 6.54 Å². The fraction of sp³-hybridized carbons (Fsp3) is 0.316. The van der Waals surface area contributed by atoms with E-state index in [1.165, 1.54) is 4.90 Å². The van der Waals surface area contributed by atoms with Gasteiger partial charge in [0, 0.05) is 35.0 Å². The second-order valence-corrected chi connectivity index (χ2v) is 13.6. The fourth-order valence-electron chi connectivity index (χ4n) is 6.84. The summed E-state index contributed by atoms with van der Waals surface area (Å²) in [5, 5.41) is 14.6. The first-order valence-corrected chi connectivity index (χ1v) is 16.5. The van der Waals surface area contributed by atoms with Crippen molar-refractivity contribution in [3.8, 4) is 11.4 Å². The molecule has 256 valence electrons. The van der Waals surface area contributed by atoms with Gasteiger partial charge in [0.25, 0.3) is 5.56 Å². The average Bonchev–Trinajstić information content (AvgIpc) is 3.36. The summed E-state index contributed by atoms with van der Waals surface area (Å²) in [6.45, 7) is 9.44. The van der Waals surface area contributed by atoms with Crippen LogP contribution in [0.4, 0.5) is 10.5 Å². The number of aromatic nitrogens is 2. The third-order valence-electron chi connectivity index (χ3n) is 9.23. The van der Waals surface area contributed by atoms with Gasteiger partial charge in [0.2, 0.25) is 0 Å². The highest BCUT2D eigenvalue weighted by molar-refractivity contribution is 6.03. The number of aliphatic imine (C=N–C) groups is 1. The molecule has 2 aromatic heterocycles. The van der Waals surface area contributed by atoms with Gasteiger partial charge >= 0.3 is 18.0 Å². The Morgan fingerprint density at radius 2 is 1.86 bits per heavy atom. The van der Waals surface area contributed by atoms with Crippen LogP contribution in [0.1, 0.15) is 81.0 Å². The number of fused-ring (bicyclic) bond motifs is 5. The van der Waals surface area contributed by atoms with Gasteiger partial charge in [-0.3, -0.25) is 19.5 Å². The van der Waals surface area contributed by atoms with Crippen LogP contribution in [0.5, 0.6) is 0 Å². The predicted octanol–water partition coefficient (Wildman–Crippen LogP) is 5.36. The van der Waals surface area contributed by atoms with Crippen LogP contribution in [0.15, 0.2) is 75.7 Å². The third kappa shape index (κ3) is 5.75. The molecule has 2 amide bonds. The lowest BCUT2D eigenvalue weighted by Gasteiger charge is -2.35. The van der Waals surface area contributed by atoms with Gasteiger partial charge in [0.15, 0.2) is 0 Å². The molecule has 0 radical (unpaired) electrons.